The van der Waals surface area contributed by atoms with Crippen molar-refractivity contribution in [3.8, 4) is 5.75 Å². The van der Waals surface area contributed by atoms with Crippen LogP contribution in [-0.2, 0) is 0 Å². The number of hydrogen-bond donors (Lipinski definition) is 1. The van der Waals surface area contributed by atoms with Gasteiger partial charge in [-0.15, -0.1) is 0 Å². The van der Waals surface area contributed by atoms with Gasteiger partial charge in [0.2, 0.25) is 0 Å². The summed E-state index contributed by atoms with van der Waals surface area (Å²) in [6.07, 6.45) is 2.72. The zero-order chi connectivity index (χ0) is 16.5. The highest BCUT2D eigenvalue weighted by Gasteiger charge is 2.27. The molecule has 0 aliphatic heterocycles. The summed E-state index contributed by atoms with van der Waals surface area (Å²) in [4.78, 5) is 9.00. The van der Waals surface area contributed by atoms with Gasteiger partial charge in [0.05, 0.1) is 6.54 Å². The van der Waals surface area contributed by atoms with Crippen LogP contribution in [0.15, 0.2) is 35.3 Å². The molecule has 0 radical (unpaired) electrons. The predicted molar refractivity (Wildman–Crippen MR) is 96.2 cm³/mol. The van der Waals surface area contributed by atoms with Crippen LogP contribution in [0.25, 0.3) is 0 Å². The smallest absolute Gasteiger partial charge is 0.193 e. The summed E-state index contributed by atoms with van der Waals surface area (Å²) in [5.74, 6) is 1.83. The van der Waals surface area contributed by atoms with Gasteiger partial charge in [-0.3, -0.25) is 9.89 Å². The summed E-state index contributed by atoms with van der Waals surface area (Å²) in [7, 11) is 3.87. The van der Waals surface area contributed by atoms with Crippen molar-refractivity contribution in [2.45, 2.75) is 25.8 Å². The number of nitrogens with one attached hydrogen (secondary N) is 1. The number of para-hydroxylation sites is 1. The summed E-state index contributed by atoms with van der Waals surface area (Å²) in [6.45, 7) is 6.82. The lowest BCUT2D eigenvalue weighted by atomic mass is 10.3. The summed E-state index contributed by atoms with van der Waals surface area (Å²) in [5.41, 5.74) is 0. The number of nitrogens with zero attached hydrogens (tertiary/aromatic N) is 3. The molecule has 0 unspecified atom stereocenters. The lowest BCUT2D eigenvalue weighted by molar-refractivity contribution is 0.273. The summed E-state index contributed by atoms with van der Waals surface area (Å²) < 4.78 is 5.74. The van der Waals surface area contributed by atoms with Gasteiger partial charge < -0.3 is 15.0 Å². The number of likely N-dealkylation sites (N-methyl/N-ethyl adjacent to an activating group) is 2. The first-order valence-corrected chi connectivity index (χ1v) is 8.58. The van der Waals surface area contributed by atoms with Crippen LogP contribution in [0.3, 0.4) is 0 Å². The molecule has 5 nitrogen and oxygen atoms in total. The zero-order valence-electron chi connectivity index (χ0n) is 14.7. The molecule has 1 N–H and O–H groups in total. The molecule has 128 valence electrons. The van der Waals surface area contributed by atoms with E-state index < -0.39 is 0 Å². The molecule has 0 heterocycles. The number of ether oxygens (including phenoxy) is 1. The molecule has 5 heteroatoms. The first-order chi connectivity index (χ1) is 11.2. The van der Waals surface area contributed by atoms with Crippen molar-refractivity contribution in [2.75, 3.05) is 46.9 Å². The van der Waals surface area contributed by atoms with E-state index in [1.165, 1.54) is 12.8 Å². The van der Waals surface area contributed by atoms with E-state index in [1.54, 1.807) is 0 Å². The highest BCUT2D eigenvalue weighted by atomic mass is 16.5. The molecule has 1 aromatic rings. The fourth-order valence-electron chi connectivity index (χ4n) is 2.66. The third kappa shape index (κ3) is 6.10. The van der Waals surface area contributed by atoms with E-state index in [1.807, 2.05) is 44.4 Å². The molecule has 0 atom stereocenters. The van der Waals surface area contributed by atoms with E-state index in [0.717, 1.165) is 43.9 Å². The van der Waals surface area contributed by atoms with E-state index >= 15 is 0 Å². The molecular formula is C18H30N4O. The third-order valence-electron chi connectivity index (χ3n) is 4.16. The highest BCUT2D eigenvalue weighted by Crippen LogP contribution is 2.25. The second kappa shape index (κ2) is 9.40. The van der Waals surface area contributed by atoms with Gasteiger partial charge in [-0.2, -0.15) is 0 Å². The molecule has 0 saturated heterocycles. The van der Waals surface area contributed by atoms with Crippen molar-refractivity contribution < 1.29 is 4.74 Å². The van der Waals surface area contributed by atoms with Crippen LogP contribution in [0.1, 0.15) is 19.8 Å². The maximum absolute atomic E-state index is 5.74. The lowest BCUT2D eigenvalue weighted by Crippen LogP contribution is -2.44. The first-order valence-electron chi connectivity index (χ1n) is 8.58. The van der Waals surface area contributed by atoms with E-state index in [9.17, 15) is 0 Å². The van der Waals surface area contributed by atoms with E-state index in [0.29, 0.717) is 6.61 Å². The average molecular weight is 318 g/mol. The molecule has 1 fully saturated rings. The Bertz CT molecular complexity index is 473. The van der Waals surface area contributed by atoms with Crippen molar-refractivity contribution in [1.82, 2.24) is 15.1 Å². The quantitative estimate of drug-likeness (QED) is 0.559. The number of benzene rings is 1. The molecule has 0 bridgehead atoms. The highest BCUT2D eigenvalue weighted by molar-refractivity contribution is 5.79. The Labute approximate surface area is 140 Å². The van der Waals surface area contributed by atoms with Crippen LogP contribution in [-0.4, -0.2) is 68.7 Å². The Morgan fingerprint density at radius 1 is 1.26 bits per heavy atom. The van der Waals surface area contributed by atoms with Gasteiger partial charge in [-0.1, -0.05) is 25.1 Å². The summed E-state index contributed by atoms with van der Waals surface area (Å²) >= 11 is 0. The molecule has 0 aromatic heterocycles. The van der Waals surface area contributed by atoms with Gasteiger partial charge in [0.25, 0.3) is 0 Å². The largest absolute Gasteiger partial charge is 0.492 e. The SMILES string of the molecule is CCN(CCNC(=NC)N(C)CCOc1ccccc1)C1CC1. The van der Waals surface area contributed by atoms with Crippen LogP contribution in [0.4, 0.5) is 0 Å². The van der Waals surface area contributed by atoms with E-state index in [4.69, 9.17) is 4.74 Å². The standard InChI is InChI=1S/C18H30N4O/c1-4-22(16-10-11-16)13-12-20-18(19-2)21(3)14-15-23-17-8-6-5-7-9-17/h5-9,16H,4,10-15H2,1-3H3,(H,19,20). The van der Waals surface area contributed by atoms with Gasteiger partial charge in [0, 0.05) is 33.2 Å². The number of hydrogen-bond acceptors (Lipinski definition) is 3. The number of rotatable bonds is 9. The average Bonchev–Trinajstić information content (AvgIpc) is 3.41. The number of aliphatic imine (C=N–C) groups is 1. The van der Waals surface area contributed by atoms with Crippen LogP contribution in [0.5, 0.6) is 5.75 Å². The van der Waals surface area contributed by atoms with Crippen LogP contribution < -0.4 is 10.1 Å². The van der Waals surface area contributed by atoms with Crippen molar-refractivity contribution in [2.24, 2.45) is 4.99 Å². The maximum atomic E-state index is 5.74. The third-order valence-corrected chi connectivity index (χ3v) is 4.16. The zero-order valence-corrected chi connectivity index (χ0v) is 14.7. The Morgan fingerprint density at radius 2 is 2.00 bits per heavy atom. The van der Waals surface area contributed by atoms with Gasteiger partial charge >= 0.3 is 0 Å². The Morgan fingerprint density at radius 3 is 2.61 bits per heavy atom. The van der Waals surface area contributed by atoms with E-state index in [-0.39, 0.29) is 0 Å². The van der Waals surface area contributed by atoms with Crippen LogP contribution in [0, 0.1) is 0 Å². The minimum absolute atomic E-state index is 0.643. The molecule has 1 aliphatic carbocycles. The van der Waals surface area contributed by atoms with Crippen molar-refractivity contribution in [3.05, 3.63) is 30.3 Å². The molecule has 1 aliphatic rings. The molecule has 23 heavy (non-hydrogen) atoms. The second-order valence-electron chi connectivity index (χ2n) is 5.92. The first kappa shape index (κ1) is 17.6. The minimum atomic E-state index is 0.643. The van der Waals surface area contributed by atoms with Gasteiger partial charge in [-0.25, -0.2) is 0 Å². The number of guanidine groups is 1. The van der Waals surface area contributed by atoms with Crippen LogP contribution in [0.2, 0.25) is 0 Å². The van der Waals surface area contributed by atoms with Gasteiger partial charge in [0.1, 0.15) is 12.4 Å². The molecule has 1 saturated carbocycles. The molecule has 0 spiro atoms. The molecule has 2 rings (SSSR count). The van der Waals surface area contributed by atoms with Crippen molar-refractivity contribution >= 4 is 5.96 Å². The lowest BCUT2D eigenvalue weighted by Gasteiger charge is -2.24. The van der Waals surface area contributed by atoms with Crippen LogP contribution >= 0.6 is 0 Å². The maximum Gasteiger partial charge on any atom is 0.193 e. The normalized spacial score (nSPS) is 14.9. The molecular weight excluding hydrogens is 288 g/mol. The fraction of sp³-hybridized carbons (Fsp3) is 0.611. The van der Waals surface area contributed by atoms with Crippen molar-refractivity contribution in [1.29, 1.82) is 0 Å². The monoisotopic (exact) mass is 318 g/mol. The van der Waals surface area contributed by atoms with E-state index in [2.05, 4.69) is 27.0 Å². The van der Waals surface area contributed by atoms with Crippen molar-refractivity contribution in [3.63, 3.8) is 0 Å². The summed E-state index contributed by atoms with van der Waals surface area (Å²) in [6, 6.07) is 10.7. The minimum Gasteiger partial charge on any atom is -0.492 e. The Hall–Kier alpha value is -1.75. The Balaban J connectivity index is 1.65. The van der Waals surface area contributed by atoms with Gasteiger partial charge in [-0.05, 0) is 31.5 Å². The second-order valence-corrected chi connectivity index (χ2v) is 5.92. The molecule has 1 aromatic carbocycles. The topological polar surface area (TPSA) is 40.1 Å². The predicted octanol–water partition coefficient (Wildman–Crippen LogP) is 2.06. The molecule has 0 amide bonds. The summed E-state index contributed by atoms with van der Waals surface area (Å²) in [5, 5.41) is 3.44. The fourth-order valence-corrected chi connectivity index (χ4v) is 2.66. The Kier molecular flexibility index (Phi) is 7.20. The van der Waals surface area contributed by atoms with Gasteiger partial charge in [0.15, 0.2) is 5.96 Å².